The highest BCUT2D eigenvalue weighted by molar-refractivity contribution is 6.51. The molecule has 1 saturated heterocycles. The maximum absolute atomic E-state index is 13.2. The molecule has 1 fully saturated rings. The third kappa shape index (κ3) is 3.63. The molecule has 1 atom stereocenters. The number of aliphatic hydroxyl groups is 1. The van der Waals surface area contributed by atoms with Crippen LogP contribution in [-0.4, -0.2) is 30.0 Å². The lowest BCUT2D eigenvalue weighted by Gasteiger charge is -2.25. The number of aliphatic hydroxyl groups excluding tert-OH is 1. The molecule has 0 saturated carbocycles. The lowest BCUT2D eigenvalue weighted by Crippen LogP contribution is -2.29. The summed E-state index contributed by atoms with van der Waals surface area (Å²) >= 11 is 0. The lowest BCUT2D eigenvalue weighted by atomic mass is 9.94. The Labute approximate surface area is 191 Å². The number of ketones is 1. The van der Waals surface area contributed by atoms with Crippen LogP contribution in [0.1, 0.15) is 29.7 Å². The van der Waals surface area contributed by atoms with Gasteiger partial charge in [0.2, 0.25) is 0 Å². The van der Waals surface area contributed by atoms with Crippen LogP contribution in [-0.2, 0) is 16.0 Å². The first-order valence-corrected chi connectivity index (χ1v) is 10.9. The van der Waals surface area contributed by atoms with Crippen LogP contribution in [0.2, 0.25) is 0 Å². The van der Waals surface area contributed by atoms with Crippen molar-refractivity contribution in [1.82, 2.24) is 0 Å². The van der Waals surface area contributed by atoms with Gasteiger partial charge in [-0.1, -0.05) is 49.4 Å². The van der Waals surface area contributed by atoms with E-state index in [0.29, 0.717) is 36.0 Å². The highest BCUT2D eigenvalue weighted by Gasteiger charge is 2.47. The number of aryl methyl sites for hydroxylation is 1. The van der Waals surface area contributed by atoms with E-state index in [4.69, 9.17) is 9.47 Å². The van der Waals surface area contributed by atoms with E-state index in [-0.39, 0.29) is 11.3 Å². The van der Waals surface area contributed by atoms with E-state index in [0.717, 1.165) is 17.5 Å². The third-order valence-corrected chi connectivity index (χ3v) is 6.00. The van der Waals surface area contributed by atoms with Gasteiger partial charge in [-0.2, -0.15) is 0 Å². The van der Waals surface area contributed by atoms with Gasteiger partial charge < -0.3 is 14.6 Å². The second-order valence-corrected chi connectivity index (χ2v) is 7.96. The van der Waals surface area contributed by atoms with Crippen LogP contribution in [0, 0.1) is 0 Å². The van der Waals surface area contributed by atoms with Crippen molar-refractivity contribution in [2.24, 2.45) is 0 Å². The zero-order valence-corrected chi connectivity index (χ0v) is 18.2. The van der Waals surface area contributed by atoms with Crippen molar-refractivity contribution < 1.29 is 24.2 Å². The molecule has 2 aliphatic rings. The number of hydrogen-bond donors (Lipinski definition) is 1. The van der Waals surface area contributed by atoms with Gasteiger partial charge >= 0.3 is 0 Å². The van der Waals surface area contributed by atoms with E-state index in [1.54, 1.807) is 30.3 Å². The predicted octanol–water partition coefficient (Wildman–Crippen LogP) is 4.65. The van der Waals surface area contributed by atoms with Gasteiger partial charge in [0.25, 0.3) is 11.7 Å². The van der Waals surface area contributed by atoms with Gasteiger partial charge in [-0.3, -0.25) is 14.5 Å². The maximum atomic E-state index is 13.2. The fourth-order valence-corrected chi connectivity index (χ4v) is 4.28. The summed E-state index contributed by atoms with van der Waals surface area (Å²) in [4.78, 5) is 27.9. The highest BCUT2D eigenvalue weighted by atomic mass is 16.6. The fraction of sp³-hybridized carbons (Fsp3) is 0.185. The van der Waals surface area contributed by atoms with Gasteiger partial charge in [0.1, 0.15) is 19.0 Å². The van der Waals surface area contributed by atoms with Gasteiger partial charge in [-0.05, 0) is 47.9 Å². The van der Waals surface area contributed by atoms with Crippen LogP contribution in [0.25, 0.3) is 5.76 Å². The summed E-state index contributed by atoms with van der Waals surface area (Å²) in [6, 6.07) is 21.0. The minimum atomic E-state index is -0.758. The van der Waals surface area contributed by atoms with Crippen LogP contribution >= 0.6 is 0 Å². The Kier molecular flexibility index (Phi) is 5.34. The largest absolute Gasteiger partial charge is 0.507 e. The van der Waals surface area contributed by atoms with Crippen molar-refractivity contribution in [1.29, 1.82) is 0 Å². The molecule has 1 unspecified atom stereocenters. The van der Waals surface area contributed by atoms with Crippen LogP contribution < -0.4 is 14.4 Å². The zero-order valence-electron chi connectivity index (χ0n) is 18.2. The molecule has 33 heavy (non-hydrogen) atoms. The molecule has 0 spiro atoms. The molecular weight excluding hydrogens is 418 g/mol. The van der Waals surface area contributed by atoms with Crippen molar-refractivity contribution in [2.75, 3.05) is 18.1 Å². The molecule has 2 aliphatic heterocycles. The summed E-state index contributed by atoms with van der Waals surface area (Å²) in [5, 5.41) is 11.3. The summed E-state index contributed by atoms with van der Waals surface area (Å²) in [5.41, 5.74) is 2.91. The molecule has 1 amide bonds. The number of anilines is 1. The smallest absolute Gasteiger partial charge is 0.300 e. The van der Waals surface area contributed by atoms with E-state index in [2.05, 4.69) is 6.92 Å². The van der Waals surface area contributed by atoms with Gasteiger partial charge in [0.15, 0.2) is 11.5 Å². The molecular formula is C27H23NO5. The standard InChI is InChI=1S/C27H23NO5/c1-2-17-8-10-18(11-9-17)24-23(26(30)27(31)28(24)20-6-4-3-5-7-20)25(29)19-12-13-21-22(16-19)33-15-14-32-21/h3-13,16,24,29H,2,14-15H2,1H3/b25-23-. The van der Waals surface area contributed by atoms with Crippen LogP contribution in [0.15, 0.2) is 78.4 Å². The minimum absolute atomic E-state index is 0.0461. The number of rotatable bonds is 4. The van der Waals surface area contributed by atoms with Crippen LogP contribution in [0.3, 0.4) is 0 Å². The third-order valence-electron chi connectivity index (χ3n) is 6.00. The summed E-state index contributed by atoms with van der Waals surface area (Å²) in [6.45, 7) is 2.92. The molecule has 0 aromatic heterocycles. The Balaban J connectivity index is 1.68. The number of hydrogen-bond acceptors (Lipinski definition) is 5. The van der Waals surface area contributed by atoms with E-state index < -0.39 is 17.7 Å². The number of carbonyl (C=O) groups excluding carboxylic acids is 2. The Morgan fingerprint density at radius 3 is 2.33 bits per heavy atom. The number of fused-ring (bicyclic) bond motifs is 1. The SMILES string of the molecule is CCc1ccc(C2/C(=C(/O)c3ccc4c(c3)OCCO4)C(=O)C(=O)N2c2ccccc2)cc1. The number of para-hydroxylation sites is 1. The molecule has 5 rings (SSSR count). The van der Waals surface area contributed by atoms with E-state index >= 15 is 0 Å². The summed E-state index contributed by atoms with van der Waals surface area (Å²) in [5.74, 6) is -0.574. The van der Waals surface area contributed by atoms with E-state index in [1.807, 2.05) is 42.5 Å². The van der Waals surface area contributed by atoms with Gasteiger partial charge in [-0.25, -0.2) is 0 Å². The predicted molar refractivity (Wildman–Crippen MR) is 124 cm³/mol. The first-order chi connectivity index (χ1) is 16.1. The first kappa shape index (κ1) is 20.8. The molecule has 3 aromatic carbocycles. The topological polar surface area (TPSA) is 76.1 Å². The number of benzene rings is 3. The molecule has 0 aliphatic carbocycles. The lowest BCUT2D eigenvalue weighted by molar-refractivity contribution is -0.132. The average molecular weight is 441 g/mol. The maximum Gasteiger partial charge on any atom is 0.300 e. The average Bonchev–Trinajstić information content (AvgIpc) is 3.14. The Hall–Kier alpha value is -4.06. The van der Waals surface area contributed by atoms with Crippen molar-refractivity contribution in [3.05, 3.63) is 95.1 Å². The molecule has 0 radical (unpaired) electrons. The van der Waals surface area contributed by atoms with Crippen molar-refractivity contribution in [3.63, 3.8) is 0 Å². The Morgan fingerprint density at radius 1 is 0.939 bits per heavy atom. The number of ether oxygens (including phenoxy) is 2. The Bertz CT molecular complexity index is 1250. The minimum Gasteiger partial charge on any atom is -0.507 e. The highest BCUT2D eigenvalue weighted by Crippen LogP contribution is 2.43. The molecule has 3 aromatic rings. The van der Waals surface area contributed by atoms with Crippen molar-refractivity contribution in [3.8, 4) is 11.5 Å². The van der Waals surface area contributed by atoms with Crippen molar-refractivity contribution >= 4 is 23.1 Å². The molecule has 2 heterocycles. The van der Waals surface area contributed by atoms with Gasteiger partial charge in [0, 0.05) is 11.3 Å². The molecule has 0 bridgehead atoms. The van der Waals surface area contributed by atoms with Crippen LogP contribution in [0.4, 0.5) is 5.69 Å². The van der Waals surface area contributed by atoms with Crippen LogP contribution in [0.5, 0.6) is 11.5 Å². The molecule has 6 heteroatoms. The van der Waals surface area contributed by atoms with Gasteiger partial charge in [0.05, 0.1) is 11.6 Å². The first-order valence-electron chi connectivity index (χ1n) is 10.9. The number of carbonyl (C=O) groups is 2. The number of nitrogens with zero attached hydrogens (tertiary/aromatic N) is 1. The van der Waals surface area contributed by atoms with E-state index in [9.17, 15) is 14.7 Å². The molecule has 1 N–H and O–H groups in total. The molecule has 166 valence electrons. The van der Waals surface area contributed by atoms with E-state index in [1.165, 1.54) is 4.90 Å². The summed E-state index contributed by atoms with van der Waals surface area (Å²) in [7, 11) is 0. The summed E-state index contributed by atoms with van der Waals surface area (Å²) in [6.07, 6.45) is 0.871. The number of amides is 1. The number of Topliss-reactive ketones (excluding diaryl/α,β-unsaturated/α-hetero) is 1. The second-order valence-electron chi connectivity index (χ2n) is 7.96. The molecule has 6 nitrogen and oxygen atoms in total. The monoisotopic (exact) mass is 441 g/mol. The fourth-order valence-electron chi connectivity index (χ4n) is 4.28. The quantitative estimate of drug-likeness (QED) is 0.362. The second kappa shape index (κ2) is 8.47. The zero-order chi connectivity index (χ0) is 22.9. The van der Waals surface area contributed by atoms with Crippen molar-refractivity contribution in [2.45, 2.75) is 19.4 Å². The van der Waals surface area contributed by atoms with Gasteiger partial charge in [-0.15, -0.1) is 0 Å². The summed E-state index contributed by atoms with van der Waals surface area (Å²) < 4.78 is 11.2. The Morgan fingerprint density at radius 2 is 1.64 bits per heavy atom. The normalized spacial score (nSPS) is 19.1.